The molecule has 80 valence electrons. The first-order valence-corrected chi connectivity index (χ1v) is 4.35. The van der Waals surface area contributed by atoms with Crippen molar-refractivity contribution in [3.63, 3.8) is 0 Å². The molecule has 5 nitrogen and oxygen atoms in total. The highest BCUT2D eigenvalue weighted by Gasteiger charge is 2.18. The minimum Gasteiger partial charge on any atom is -0.419 e. The first kappa shape index (κ1) is 11.2. The zero-order chi connectivity index (χ0) is 11.3. The fourth-order valence-corrected chi connectivity index (χ4v) is 0.962. The predicted molar refractivity (Wildman–Crippen MR) is 50.5 cm³/mol. The van der Waals surface area contributed by atoms with Crippen molar-refractivity contribution in [1.29, 1.82) is 0 Å². The minimum absolute atomic E-state index is 0.378. The molecule has 1 aromatic rings. The van der Waals surface area contributed by atoms with Crippen LogP contribution in [0.2, 0.25) is 0 Å². The van der Waals surface area contributed by atoms with E-state index in [9.17, 15) is 9.59 Å². The summed E-state index contributed by atoms with van der Waals surface area (Å²) in [5.74, 6) is -1.07. The highest BCUT2D eigenvalue weighted by Crippen LogP contribution is 2.16. The van der Waals surface area contributed by atoms with Crippen LogP contribution in [0.4, 0.5) is 0 Å². The van der Waals surface area contributed by atoms with Gasteiger partial charge in [-0.05, 0) is 12.1 Å². The van der Waals surface area contributed by atoms with Crippen molar-refractivity contribution >= 4 is 11.9 Å². The molecule has 5 heteroatoms. The maximum atomic E-state index is 10.8. The van der Waals surface area contributed by atoms with Crippen LogP contribution in [0.15, 0.2) is 24.4 Å². The molecule has 1 aromatic heterocycles. The molecular weight excluding hydrogens is 198 g/mol. The molecule has 0 fully saturated rings. The lowest BCUT2D eigenvalue weighted by atomic mass is 10.3. The van der Waals surface area contributed by atoms with Crippen LogP contribution >= 0.6 is 0 Å². The van der Waals surface area contributed by atoms with Crippen molar-refractivity contribution in [1.82, 2.24) is 4.98 Å². The second kappa shape index (κ2) is 5.09. The van der Waals surface area contributed by atoms with Crippen LogP contribution in [0.5, 0.6) is 0 Å². The molecule has 1 heterocycles. The van der Waals surface area contributed by atoms with Gasteiger partial charge in [0.05, 0.1) is 0 Å². The molecule has 0 aromatic carbocycles. The van der Waals surface area contributed by atoms with E-state index in [4.69, 9.17) is 9.47 Å². The summed E-state index contributed by atoms with van der Waals surface area (Å²) in [5.41, 5.74) is 0.378. The Balaban J connectivity index is 2.81. The molecule has 0 aliphatic rings. The zero-order valence-corrected chi connectivity index (χ0v) is 8.47. The third kappa shape index (κ3) is 3.76. The van der Waals surface area contributed by atoms with E-state index in [2.05, 4.69) is 4.98 Å². The number of hydrogen-bond donors (Lipinski definition) is 0. The summed E-state index contributed by atoms with van der Waals surface area (Å²) in [7, 11) is 0. The summed E-state index contributed by atoms with van der Waals surface area (Å²) in [6.45, 7) is 2.47. The van der Waals surface area contributed by atoms with E-state index < -0.39 is 18.2 Å². The van der Waals surface area contributed by atoms with Gasteiger partial charge in [-0.2, -0.15) is 0 Å². The average molecular weight is 209 g/mol. The quantitative estimate of drug-likeness (QED) is 0.553. The summed E-state index contributed by atoms with van der Waals surface area (Å²) in [6.07, 6.45) is 0.455. The Labute approximate surface area is 87.0 Å². The third-order valence-corrected chi connectivity index (χ3v) is 1.48. The summed E-state index contributed by atoms with van der Waals surface area (Å²) in [5, 5.41) is 0. The van der Waals surface area contributed by atoms with E-state index in [1.807, 2.05) is 0 Å². The van der Waals surface area contributed by atoms with E-state index >= 15 is 0 Å². The second-order valence-corrected chi connectivity index (χ2v) is 2.81. The summed E-state index contributed by atoms with van der Waals surface area (Å²) < 4.78 is 9.61. The number of ether oxygens (including phenoxy) is 2. The topological polar surface area (TPSA) is 65.5 Å². The Morgan fingerprint density at radius 3 is 2.20 bits per heavy atom. The van der Waals surface area contributed by atoms with Gasteiger partial charge in [0.1, 0.15) is 5.69 Å². The van der Waals surface area contributed by atoms with Gasteiger partial charge in [0.2, 0.25) is 0 Å². The van der Waals surface area contributed by atoms with Gasteiger partial charge < -0.3 is 9.47 Å². The first-order chi connectivity index (χ1) is 7.09. The van der Waals surface area contributed by atoms with Crippen molar-refractivity contribution in [3.05, 3.63) is 30.1 Å². The van der Waals surface area contributed by atoms with Gasteiger partial charge in [-0.25, -0.2) is 0 Å². The van der Waals surface area contributed by atoms with Crippen molar-refractivity contribution < 1.29 is 19.1 Å². The highest BCUT2D eigenvalue weighted by atomic mass is 16.7. The molecule has 0 bridgehead atoms. The third-order valence-electron chi connectivity index (χ3n) is 1.48. The number of carbonyl (C=O) groups excluding carboxylic acids is 2. The number of nitrogens with zero attached hydrogens (tertiary/aromatic N) is 1. The van der Waals surface area contributed by atoms with Crippen LogP contribution < -0.4 is 0 Å². The van der Waals surface area contributed by atoms with E-state index in [-0.39, 0.29) is 0 Å². The molecule has 0 saturated heterocycles. The van der Waals surface area contributed by atoms with Crippen LogP contribution in [-0.4, -0.2) is 16.9 Å². The van der Waals surface area contributed by atoms with Crippen molar-refractivity contribution in [3.8, 4) is 0 Å². The maximum Gasteiger partial charge on any atom is 0.306 e. The minimum atomic E-state index is -1.07. The number of pyridine rings is 1. The monoisotopic (exact) mass is 209 g/mol. The fraction of sp³-hybridized carbons (Fsp3) is 0.300. The lowest BCUT2D eigenvalue weighted by Gasteiger charge is -2.15. The van der Waals surface area contributed by atoms with Crippen LogP contribution in [0, 0.1) is 0 Å². The number of carbonyl (C=O) groups is 2. The maximum absolute atomic E-state index is 10.8. The molecule has 0 unspecified atom stereocenters. The van der Waals surface area contributed by atoms with Gasteiger partial charge in [0, 0.05) is 20.0 Å². The average Bonchev–Trinajstić information content (AvgIpc) is 2.17. The Morgan fingerprint density at radius 2 is 1.80 bits per heavy atom. The van der Waals surface area contributed by atoms with Crippen molar-refractivity contribution in [2.24, 2.45) is 0 Å². The highest BCUT2D eigenvalue weighted by molar-refractivity contribution is 5.68. The van der Waals surface area contributed by atoms with Crippen molar-refractivity contribution in [2.75, 3.05) is 0 Å². The SMILES string of the molecule is CC(=O)OC(OC(C)=O)c1ccccn1. The van der Waals surface area contributed by atoms with E-state index in [0.29, 0.717) is 5.69 Å². The zero-order valence-electron chi connectivity index (χ0n) is 8.47. The number of hydrogen-bond acceptors (Lipinski definition) is 5. The Kier molecular flexibility index (Phi) is 3.79. The number of esters is 2. The molecule has 0 aliphatic carbocycles. The van der Waals surface area contributed by atoms with E-state index in [0.717, 1.165) is 0 Å². The molecule has 0 spiro atoms. The standard InChI is InChI=1S/C10H11NO4/c1-7(12)14-10(15-8(2)13)9-5-3-4-6-11-9/h3-6,10H,1-2H3. The summed E-state index contributed by atoms with van der Waals surface area (Å²) >= 11 is 0. The van der Waals surface area contributed by atoms with Gasteiger partial charge in [-0.3, -0.25) is 14.6 Å². The molecule has 0 atom stereocenters. The van der Waals surface area contributed by atoms with Gasteiger partial charge in [0.25, 0.3) is 6.29 Å². The van der Waals surface area contributed by atoms with Gasteiger partial charge in [0.15, 0.2) is 0 Å². The summed E-state index contributed by atoms with van der Waals surface area (Å²) in [6, 6.07) is 5.03. The Hall–Kier alpha value is -1.91. The largest absolute Gasteiger partial charge is 0.419 e. The first-order valence-electron chi connectivity index (χ1n) is 4.35. The van der Waals surface area contributed by atoms with Crippen LogP contribution in [0.25, 0.3) is 0 Å². The smallest absolute Gasteiger partial charge is 0.306 e. The normalized spacial score (nSPS) is 9.80. The van der Waals surface area contributed by atoms with E-state index in [1.165, 1.54) is 20.0 Å². The molecule has 15 heavy (non-hydrogen) atoms. The molecular formula is C10H11NO4. The molecule has 0 N–H and O–H groups in total. The molecule has 0 amide bonds. The van der Waals surface area contributed by atoms with Gasteiger partial charge in [-0.1, -0.05) is 6.07 Å². The predicted octanol–water partition coefficient (Wildman–Crippen LogP) is 1.21. The number of aromatic nitrogens is 1. The van der Waals surface area contributed by atoms with Crippen LogP contribution in [0.1, 0.15) is 25.8 Å². The van der Waals surface area contributed by atoms with E-state index in [1.54, 1.807) is 18.2 Å². The van der Waals surface area contributed by atoms with Crippen molar-refractivity contribution in [2.45, 2.75) is 20.1 Å². The van der Waals surface area contributed by atoms with Gasteiger partial charge in [-0.15, -0.1) is 0 Å². The lowest BCUT2D eigenvalue weighted by molar-refractivity contribution is -0.187. The lowest BCUT2D eigenvalue weighted by Crippen LogP contribution is -2.15. The molecule has 0 aliphatic heterocycles. The van der Waals surface area contributed by atoms with Crippen LogP contribution in [0.3, 0.4) is 0 Å². The van der Waals surface area contributed by atoms with Gasteiger partial charge >= 0.3 is 11.9 Å². The summed E-state index contributed by atoms with van der Waals surface area (Å²) in [4.78, 5) is 25.5. The molecule has 0 radical (unpaired) electrons. The fourth-order valence-electron chi connectivity index (χ4n) is 0.962. The number of rotatable bonds is 3. The Morgan fingerprint density at radius 1 is 1.20 bits per heavy atom. The molecule has 1 rings (SSSR count). The Bertz CT molecular complexity index is 334. The molecule has 0 saturated carbocycles. The van der Waals surface area contributed by atoms with Crippen LogP contribution in [-0.2, 0) is 19.1 Å². The second-order valence-electron chi connectivity index (χ2n) is 2.81.